The maximum absolute atomic E-state index is 12.2. The van der Waals surface area contributed by atoms with Crippen molar-refractivity contribution in [3.05, 3.63) is 70.7 Å². The molecular formula is C21H22ClN2O3. The number of rotatable bonds is 7. The normalized spacial score (nSPS) is 16.1. The summed E-state index contributed by atoms with van der Waals surface area (Å²) in [5.74, 6) is -0.0901. The Balaban J connectivity index is 1.70. The lowest BCUT2D eigenvalue weighted by molar-refractivity contribution is -0.137. The van der Waals surface area contributed by atoms with Crippen molar-refractivity contribution in [1.82, 2.24) is 9.80 Å². The SMILES string of the molecule is O=[C]COCC(=O)N1CCN([C@H](c2ccccc2)c2ccc(Cl)cc2)CC1. The Bertz CT molecular complexity index is 744. The minimum atomic E-state index is -0.168. The summed E-state index contributed by atoms with van der Waals surface area (Å²) in [6.45, 7) is 2.53. The van der Waals surface area contributed by atoms with E-state index in [0.717, 1.165) is 13.1 Å². The molecule has 1 atom stereocenters. The fourth-order valence-electron chi connectivity index (χ4n) is 3.40. The lowest BCUT2D eigenvalue weighted by Crippen LogP contribution is -2.50. The highest BCUT2D eigenvalue weighted by Gasteiger charge is 2.28. The molecule has 0 bridgehead atoms. The van der Waals surface area contributed by atoms with Gasteiger partial charge in [0, 0.05) is 31.2 Å². The minimum absolute atomic E-state index is 0.0749. The molecule has 27 heavy (non-hydrogen) atoms. The van der Waals surface area contributed by atoms with Crippen LogP contribution in [0.3, 0.4) is 0 Å². The standard InChI is InChI=1S/C21H22ClN2O3/c22-19-8-6-18(7-9-19)21(17-4-2-1-3-5-17)24-12-10-23(11-13-24)20(26)16-27-15-14-25/h1-9,21H,10-13,15-16H2/t21-/m1/s1. The van der Waals surface area contributed by atoms with Crippen molar-refractivity contribution in [2.75, 3.05) is 39.4 Å². The van der Waals surface area contributed by atoms with Gasteiger partial charge in [-0.1, -0.05) is 54.1 Å². The average molecular weight is 386 g/mol. The van der Waals surface area contributed by atoms with E-state index in [4.69, 9.17) is 16.3 Å². The third-order valence-electron chi connectivity index (χ3n) is 4.72. The predicted octanol–water partition coefficient (Wildman–Crippen LogP) is 2.70. The second-order valence-electron chi connectivity index (χ2n) is 6.42. The van der Waals surface area contributed by atoms with Gasteiger partial charge in [-0.2, -0.15) is 0 Å². The average Bonchev–Trinajstić information content (AvgIpc) is 2.71. The Kier molecular flexibility index (Phi) is 6.98. The first-order chi connectivity index (χ1) is 13.2. The zero-order chi connectivity index (χ0) is 19.1. The maximum Gasteiger partial charge on any atom is 0.248 e. The van der Waals surface area contributed by atoms with E-state index in [1.54, 1.807) is 11.2 Å². The van der Waals surface area contributed by atoms with Crippen molar-refractivity contribution in [2.45, 2.75) is 6.04 Å². The molecule has 1 aliphatic rings. The molecule has 2 aromatic rings. The zero-order valence-electron chi connectivity index (χ0n) is 15.0. The highest BCUT2D eigenvalue weighted by molar-refractivity contribution is 6.30. The van der Waals surface area contributed by atoms with E-state index in [-0.39, 0.29) is 25.2 Å². The van der Waals surface area contributed by atoms with Crippen LogP contribution in [0.4, 0.5) is 0 Å². The quantitative estimate of drug-likeness (QED) is 0.688. The van der Waals surface area contributed by atoms with Crippen LogP contribution in [0.15, 0.2) is 54.6 Å². The van der Waals surface area contributed by atoms with E-state index in [0.29, 0.717) is 18.1 Å². The third kappa shape index (κ3) is 5.16. The molecule has 141 valence electrons. The van der Waals surface area contributed by atoms with Gasteiger partial charge in [0.2, 0.25) is 12.2 Å². The largest absolute Gasteiger partial charge is 0.363 e. The number of piperazine rings is 1. The van der Waals surface area contributed by atoms with E-state index < -0.39 is 0 Å². The molecule has 1 radical (unpaired) electrons. The van der Waals surface area contributed by atoms with Gasteiger partial charge in [-0.25, -0.2) is 0 Å². The Morgan fingerprint density at radius 1 is 1.00 bits per heavy atom. The van der Waals surface area contributed by atoms with Crippen molar-refractivity contribution in [1.29, 1.82) is 0 Å². The molecule has 3 rings (SSSR count). The summed E-state index contributed by atoms with van der Waals surface area (Å²) in [6.07, 6.45) is 1.63. The van der Waals surface area contributed by atoms with E-state index in [9.17, 15) is 9.59 Å². The van der Waals surface area contributed by atoms with Crippen molar-refractivity contribution in [3.63, 3.8) is 0 Å². The maximum atomic E-state index is 12.2. The molecule has 1 fully saturated rings. The van der Waals surface area contributed by atoms with E-state index in [1.807, 2.05) is 30.3 Å². The first-order valence-corrected chi connectivity index (χ1v) is 9.32. The number of halogens is 1. The van der Waals surface area contributed by atoms with Crippen LogP contribution in [-0.2, 0) is 14.3 Å². The highest BCUT2D eigenvalue weighted by atomic mass is 35.5. The lowest BCUT2D eigenvalue weighted by atomic mass is 9.96. The first-order valence-electron chi connectivity index (χ1n) is 8.94. The molecular weight excluding hydrogens is 364 g/mol. The molecule has 0 unspecified atom stereocenters. The van der Waals surface area contributed by atoms with Gasteiger partial charge in [0.15, 0.2) is 0 Å². The second-order valence-corrected chi connectivity index (χ2v) is 6.86. The van der Waals surface area contributed by atoms with Crippen LogP contribution in [-0.4, -0.2) is 61.4 Å². The zero-order valence-corrected chi connectivity index (χ0v) is 15.8. The topological polar surface area (TPSA) is 49.9 Å². The van der Waals surface area contributed by atoms with Crippen LogP contribution in [0, 0.1) is 0 Å². The van der Waals surface area contributed by atoms with Crippen LogP contribution >= 0.6 is 11.6 Å². The molecule has 5 nitrogen and oxygen atoms in total. The molecule has 0 saturated carbocycles. The summed E-state index contributed by atoms with van der Waals surface area (Å²) in [7, 11) is 0. The van der Waals surface area contributed by atoms with Crippen LogP contribution in [0.1, 0.15) is 17.2 Å². The fourth-order valence-corrected chi connectivity index (χ4v) is 3.52. The molecule has 0 N–H and O–H groups in total. The third-order valence-corrected chi connectivity index (χ3v) is 4.97. The van der Waals surface area contributed by atoms with Crippen LogP contribution < -0.4 is 0 Å². The van der Waals surface area contributed by atoms with Gasteiger partial charge in [-0.05, 0) is 23.3 Å². The highest BCUT2D eigenvalue weighted by Crippen LogP contribution is 2.30. The summed E-state index contributed by atoms with van der Waals surface area (Å²) in [5, 5.41) is 0.716. The first kappa shape index (κ1) is 19.5. The number of nitrogens with zero attached hydrogens (tertiary/aromatic N) is 2. The number of carbonyl (C=O) groups is 1. The van der Waals surface area contributed by atoms with Crippen molar-refractivity contribution in [2.24, 2.45) is 0 Å². The summed E-state index contributed by atoms with van der Waals surface area (Å²) in [5.41, 5.74) is 2.39. The molecule has 0 aromatic heterocycles. The van der Waals surface area contributed by atoms with Crippen molar-refractivity contribution < 1.29 is 14.3 Å². The summed E-state index contributed by atoms with van der Waals surface area (Å²) >= 11 is 6.06. The second kappa shape index (κ2) is 9.65. The van der Waals surface area contributed by atoms with Gasteiger partial charge in [-0.3, -0.25) is 14.5 Å². The fraction of sp³-hybridized carbons (Fsp3) is 0.333. The van der Waals surface area contributed by atoms with Gasteiger partial charge < -0.3 is 9.64 Å². The molecule has 1 aliphatic heterocycles. The minimum Gasteiger partial charge on any atom is -0.363 e. The number of carbonyl (C=O) groups excluding carboxylic acids is 2. The smallest absolute Gasteiger partial charge is 0.248 e. The van der Waals surface area contributed by atoms with Gasteiger partial charge in [0.1, 0.15) is 13.2 Å². The summed E-state index contributed by atoms with van der Waals surface area (Å²) < 4.78 is 4.98. The monoisotopic (exact) mass is 385 g/mol. The molecule has 1 saturated heterocycles. The van der Waals surface area contributed by atoms with Gasteiger partial charge >= 0.3 is 0 Å². The van der Waals surface area contributed by atoms with Crippen molar-refractivity contribution in [3.8, 4) is 0 Å². The number of ether oxygens (including phenoxy) is 1. The molecule has 1 amide bonds. The van der Waals surface area contributed by atoms with Crippen LogP contribution in [0.5, 0.6) is 0 Å². The Labute approximate surface area is 164 Å². The number of hydrogen-bond acceptors (Lipinski definition) is 4. The Morgan fingerprint density at radius 3 is 2.26 bits per heavy atom. The van der Waals surface area contributed by atoms with Crippen molar-refractivity contribution >= 4 is 23.8 Å². The molecule has 0 spiro atoms. The number of amides is 1. The molecule has 2 aromatic carbocycles. The Morgan fingerprint density at radius 2 is 1.63 bits per heavy atom. The number of benzene rings is 2. The van der Waals surface area contributed by atoms with E-state index in [1.165, 1.54) is 11.1 Å². The van der Waals surface area contributed by atoms with E-state index in [2.05, 4.69) is 29.2 Å². The number of hydrogen-bond donors (Lipinski definition) is 0. The van der Waals surface area contributed by atoms with Gasteiger partial charge in [0.05, 0.1) is 6.04 Å². The Hall–Kier alpha value is -2.21. The van der Waals surface area contributed by atoms with Gasteiger partial charge in [0.25, 0.3) is 0 Å². The predicted molar refractivity (Wildman–Crippen MR) is 104 cm³/mol. The summed E-state index contributed by atoms with van der Waals surface area (Å²) in [6, 6.07) is 18.4. The lowest BCUT2D eigenvalue weighted by Gasteiger charge is -2.39. The van der Waals surface area contributed by atoms with Crippen LogP contribution in [0.25, 0.3) is 0 Å². The summed E-state index contributed by atoms with van der Waals surface area (Å²) in [4.78, 5) is 26.5. The van der Waals surface area contributed by atoms with E-state index >= 15 is 0 Å². The molecule has 6 heteroatoms. The molecule has 0 aliphatic carbocycles. The van der Waals surface area contributed by atoms with Gasteiger partial charge in [-0.15, -0.1) is 0 Å². The molecule has 1 heterocycles. The van der Waals surface area contributed by atoms with Crippen LogP contribution in [0.2, 0.25) is 5.02 Å².